The van der Waals surface area contributed by atoms with Crippen LogP contribution in [0.5, 0.6) is 0 Å². The van der Waals surface area contributed by atoms with Gasteiger partial charge in [-0.15, -0.1) is 0 Å². The first-order valence-corrected chi connectivity index (χ1v) is 16.5. The van der Waals surface area contributed by atoms with Crippen LogP contribution in [0.25, 0.3) is 0 Å². The van der Waals surface area contributed by atoms with E-state index in [2.05, 4.69) is 5.32 Å². The molecule has 7 nitrogen and oxygen atoms in total. The van der Waals surface area contributed by atoms with Crippen molar-refractivity contribution >= 4 is 73.9 Å². The van der Waals surface area contributed by atoms with Crippen molar-refractivity contribution < 1.29 is 18.0 Å². The lowest BCUT2D eigenvalue weighted by Crippen LogP contribution is -2.53. The molecule has 0 radical (unpaired) electrons. The van der Waals surface area contributed by atoms with E-state index in [1.165, 1.54) is 29.2 Å². The van der Waals surface area contributed by atoms with Crippen molar-refractivity contribution in [1.29, 1.82) is 0 Å². The molecule has 3 aromatic rings. The molecule has 3 aromatic carbocycles. The highest BCUT2D eigenvalue weighted by molar-refractivity contribution is 7.92. The van der Waals surface area contributed by atoms with Crippen LogP contribution in [0, 0.1) is 0 Å². The third-order valence-electron chi connectivity index (χ3n) is 7.29. The van der Waals surface area contributed by atoms with Crippen LogP contribution in [0.15, 0.2) is 71.6 Å². The van der Waals surface area contributed by atoms with Gasteiger partial charge in [0.15, 0.2) is 0 Å². The summed E-state index contributed by atoms with van der Waals surface area (Å²) in [5.74, 6) is -0.964. The van der Waals surface area contributed by atoms with E-state index in [1.807, 2.05) is 0 Å². The van der Waals surface area contributed by atoms with Crippen LogP contribution < -0.4 is 9.62 Å². The number of sulfonamides is 1. The van der Waals surface area contributed by atoms with Gasteiger partial charge in [0.1, 0.15) is 12.6 Å². The third-order valence-corrected chi connectivity index (χ3v) is 10.6. The second-order valence-corrected chi connectivity index (χ2v) is 13.5. The summed E-state index contributed by atoms with van der Waals surface area (Å²) in [4.78, 5) is 29.1. The van der Waals surface area contributed by atoms with E-state index in [0.29, 0.717) is 15.6 Å². The van der Waals surface area contributed by atoms with Gasteiger partial charge in [-0.05, 0) is 55.7 Å². The van der Waals surface area contributed by atoms with Crippen molar-refractivity contribution in [3.63, 3.8) is 0 Å². The van der Waals surface area contributed by atoms with Crippen LogP contribution in [0.2, 0.25) is 20.1 Å². The summed E-state index contributed by atoms with van der Waals surface area (Å²) in [6.07, 6.45) is 4.04. The number of halogens is 4. The number of hydrogen-bond donors (Lipinski definition) is 1. The van der Waals surface area contributed by atoms with Gasteiger partial charge < -0.3 is 10.2 Å². The van der Waals surface area contributed by atoms with Crippen molar-refractivity contribution in [3.05, 3.63) is 92.4 Å². The summed E-state index contributed by atoms with van der Waals surface area (Å²) in [5, 5.41) is 3.80. The lowest BCUT2D eigenvalue weighted by Gasteiger charge is -2.34. The number of anilines is 1. The molecule has 2 amide bonds. The van der Waals surface area contributed by atoms with Gasteiger partial charge in [0.25, 0.3) is 10.0 Å². The Balaban J connectivity index is 1.77. The Morgan fingerprint density at radius 1 is 0.881 bits per heavy atom. The number of hydrogen-bond acceptors (Lipinski definition) is 4. The second-order valence-electron chi connectivity index (χ2n) is 10.0. The molecule has 1 N–H and O–H groups in total. The topological polar surface area (TPSA) is 86.8 Å². The first-order chi connectivity index (χ1) is 20.0. The average Bonchev–Trinajstić information content (AvgIpc) is 3.48. The molecule has 1 aliphatic carbocycles. The van der Waals surface area contributed by atoms with E-state index < -0.39 is 28.5 Å². The fourth-order valence-corrected chi connectivity index (χ4v) is 7.47. The molecule has 4 rings (SSSR count). The Morgan fingerprint density at radius 3 is 2.10 bits per heavy atom. The number of amides is 2. The zero-order chi connectivity index (χ0) is 30.4. The van der Waals surface area contributed by atoms with Crippen LogP contribution in [0.3, 0.4) is 0 Å². The Hall–Kier alpha value is -2.49. The number of nitrogens with zero attached hydrogens (tertiary/aromatic N) is 2. The molecule has 224 valence electrons. The van der Waals surface area contributed by atoms with E-state index in [1.54, 1.807) is 49.4 Å². The molecule has 1 fully saturated rings. The van der Waals surface area contributed by atoms with E-state index in [-0.39, 0.29) is 45.5 Å². The van der Waals surface area contributed by atoms with Gasteiger partial charge in [0, 0.05) is 28.2 Å². The van der Waals surface area contributed by atoms with Gasteiger partial charge in [0.05, 0.1) is 20.6 Å². The molecule has 0 bridgehead atoms. The maximum absolute atomic E-state index is 14.2. The van der Waals surface area contributed by atoms with Gasteiger partial charge >= 0.3 is 0 Å². The van der Waals surface area contributed by atoms with Gasteiger partial charge in [0.2, 0.25) is 11.8 Å². The molecule has 0 heterocycles. The normalized spacial score (nSPS) is 14.4. The SMILES string of the molecule is CC[C@@H](C(=O)NC1CCCC1)N(Cc1c(Cl)cccc1Cl)C(=O)CN(c1cccc(Cl)c1Cl)S(=O)(=O)c1ccccc1. The minimum Gasteiger partial charge on any atom is -0.352 e. The molecule has 1 aliphatic rings. The summed E-state index contributed by atoms with van der Waals surface area (Å²) >= 11 is 25.7. The molecule has 42 heavy (non-hydrogen) atoms. The van der Waals surface area contributed by atoms with Crippen molar-refractivity contribution in [1.82, 2.24) is 10.2 Å². The zero-order valence-corrected chi connectivity index (χ0v) is 26.7. The van der Waals surface area contributed by atoms with Gasteiger partial charge in [-0.1, -0.05) is 96.5 Å². The summed E-state index contributed by atoms with van der Waals surface area (Å²) in [7, 11) is -4.29. The summed E-state index contributed by atoms with van der Waals surface area (Å²) < 4.78 is 28.8. The minimum atomic E-state index is -4.29. The van der Waals surface area contributed by atoms with Gasteiger partial charge in [-0.2, -0.15) is 0 Å². The highest BCUT2D eigenvalue weighted by atomic mass is 35.5. The van der Waals surface area contributed by atoms with Crippen LogP contribution in [-0.4, -0.2) is 43.8 Å². The first-order valence-electron chi connectivity index (χ1n) is 13.6. The van der Waals surface area contributed by atoms with E-state index in [0.717, 1.165) is 30.0 Å². The highest BCUT2D eigenvalue weighted by Crippen LogP contribution is 2.36. The van der Waals surface area contributed by atoms with Crippen molar-refractivity contribution in [3.8, 4) is 0 Å². The van der Waals surface area contributed by atoms with Crippen LogP contribution in [0.4, 0.5) is 5.69 Å². The molecule has 0 unspecified atom stereocenters. The Bertz CT molecular complexity index is 1510. The molecule has 0 spiro atoms. The van der Waals surface area contributed by atoms with Crippen molar-refractivity contribution in [2.24, 2.45) is 0 Å². The first kappa shape index (κ1) is 32.4. The minimum absolute atomic E-state index is 0.0210. The smallest absolute Gasteiger partial charge is 0.264 e. The molecule has 1 saturated carbocycles. The van der Waals surface area contributed by atoms with E-state index in [4.69, 9.17) is 46.4 Å². The van der Waals surface area contributed by atoms with Gasteiger partial charge in [-0.25, -0.2) is 8.42 Å². The Kier molecular flexibility index (Phi) is 11.1. The molecular weight excluding hydrogens is 640 g/mol. The van der Waals surface area contributed by atoms with Crippen LogP contribution in [0.1, 0.15) is 44.6 Å². The number of benzene rings is 3. The second kappa shape index (κ2) is 14.3. The Labute approximate surface area is 266 Å². The molecule has 0 aromatic heterocycles. The quantitative estimate of drug-likeness (QED) is 0.231. The average molecular weight is 671 g/mol. The molecule has 0 aliphatic heterocycles. The molecule has 12 heteroatoms. The predicted octanol–water partition coefficient (Wildman–Crippen LogP) is 7.36. The van der Waals surface area contributed by atoms with E-state index >= 15 is 0 Å². The van der Waals surface area contributed by atoms with Crippen molar-refractivity contribution in [2.45, 2.75) is 62.6 Å². The predicted molar refractivity (Wildman–Crippen MR) is 169 cm³/mol. The third kappa shape index (κ3) is 7.34. The lowest BCUT2D eigenvalue weighted by molar-refractivity contribution is -0.140. The highest BCUT2D eigenvalue weighted by Gasteiger charge is 2.36. The summed E-state index contributed by atoms with van der Waals surface area (Å²) in [6, 6.07) is 16.3. The fourth-order valence-electron chi connectivity index (χ4n) is 5.06. The summed E-state index contributed by atoms with van der Waals surface area (Å²) in [6.45, 7) is 1.02. The van der Waals surface area contributed by atoms with Crippen LogP contribution in [-0.2, 0) is 26.2 Å². The van der Waals surface area contributed by atoms with Crippen LogP contribution >= 0.6 is 46.4 Å². The fraction of sp³-hybridized carbons (Fsp3) is 0.333. The number of nitrogens with one attached hydrogen (secondary N) is 1. The monoisotopic (exact) mass is 669 g/mol. The van der Waals surface area contributed by atoms with E-state index in [9.17, 15) is 18.0 Å². The maximum Gasteiger partial charge on any atom is 0.264 e. The maximum atomic E-state index is 14.2. The Morgan fingerprint density at radius 2 is 1.48 bits per heavy atom. The lowest BCUT2D eigenvalue weighted by atomic mass is 10.1. The number of carbonyl (C=O) groups is 2. The summed E-state index contributed by atoms with van der Waals surface area (Å²) in [5.41, 5.74) is 0.472. The van der Waals surface area contributed by atoms with Gasteiger partial charge in [-0.3, -0.25) is 13.9 Å². The zero-order valence-electron chi connectivity index (χ0n) is 22.9. The number of carbonyl (C=O) groups excluding carboxylic acids is 2. The largest absolute Gasteiger partial charge is 0.352 e. The molecule has 0 saturated heterocycles. The van der Waals surface area contributed by atoms with Crippen molar-refractivity contribution in [2.75, 3.05) is 10.8 Å². The molecule has 1 atom stereocenters. The number of rotatable bonds is 11. The molecular formula is C30H31Cl4N3O4S. The standard InChI is InChI=1S/C30H31Cl4N3O4S/c1-2-26(30(39)35-20-10-6-7-11-20)36(18-22-23(31)14-8-15-24(22)32)28(38)19-37(27-17-9-16-25(33)29(27)34)42(40,41)21-12-4-3-5-13-21/h3-5,8-9,12-17,20,26H,2,6-7,10-11,18-19H2,1H3,(H,35,39)/t26-/m0/s1.